The van der Waals surface area contributed by atoms with E-state index in [-0.39, 0.29) is 22.5 Å². The Morgan fingerprint density at radius 3 is 2.35 bits per heavy atom. The van der Waals surface area contributed by atoms with E-state index in [1.54, 1.807) is 48.5 Å². The minimum absolute atomic E-state index is 0.197. The van der Waals surface area contributed by atoms with E-state index in [9.17, 15) is 13.2 Å². The van der Waals surface area contributed by atoms with Crippen molar-refractivity contribution in [2.75, 3.05) is 4.72 Å². The summed E-state index contributed by atoms with van der Waals surface area (Å²) in [4.78, 5) is 16.9. The largest absolute Gasteiger partial charge is 0.444 e. The van der Waals surface area contributed by atoms with Crippen LogP contribution in [0.1, 0.15) is 48.2 Å². The molecule has 0 unspecified atom stereocenters. The van der Waals surface area contributed by atoms with Gasteiger partial charge in [-0.05, 0) is 56.2 Å². The van der Waals surface area contributed by atoms with Crippen LogP contribution in [0, 0.1) is 6.92 Å². The lowest BCUT2D eigenvalue weighted by atomic mass is 9.95. The monoisotopic (exact) mass is 439 g/mol. The van der Waals surface area contributed by atoms with Crippen LogP contribution in [0.2, 0.25) is 0 Å². The number of aromatic nitrogens is 1. The summed E-state index contributed by atoms with van der Waals surface area (Å²) in [5.41, 5.74) is 2.30. The second-order valence-electron chi connectivity index (χ2n) is 7.84. The number of nitrogens with zero attached hydrogens (tertiary/aromatic N) is 1. The third-order valence-electron chi connectivity index (χ3n) is 5.39. The van der Waals surface area contributed by atoms with E-state index in [0.717, 1.165) is 31.2 Å². The van der Waals surface area contributed by atoms with Crippen LogP contribution >= 0.6 is 0 Å². The van der Waals surface area contributed by atoms with Crippen molar-refractivity contribution in [3.8, 4) is 11.5 Å². The van der Waals surface area contributed by atoms with Gasteiger partial charge in [0.05, 0.1) is 4.90 Å². The Labute approximate surface area is 181 Å². The second kappa shape index (κ2) is 8.93. The lowest BCUT2D eigenvalue weighted by molar-refractivity contribution is 0.0922. The fourth-order valence-corrected chi connectivity index (χ4v) is 4.69. The molecule has 0 bridgehead atoms. The smallest absolute Gasteiger partial charge is 0.273 e. The topological polar surface area (TPSA) is 101 Å². The van der Waals surface area contributed by atoms with Crippen LogP contribution < -0.4 is 10.0 Å². The summed E-state index contributed by atoms with van der Waals surface area (Å²) < 4.78 is 33.1. The van der Waals surface area contributed by atoms with Gasteiger partial charge in [0.25, 0.3) is 15.9 Å². The predicted molar refractivity (Wildman–Crippen MR) is 118 cm³/mol. The summed E-state index contributed by atoms with van der Waals surface area (Å²) in [5.74, 6) is 0.0751. The minimum Gasteiger partial charge on any atom is -0.444 e. The lowest BCUT2D eigenvalue weighted by Gasteiger charge is -2.22. The highest BCUT2D eigenvalue weighted by Crippen LogP contribution is 2.23. The number of hydrogen-bond acceptors (Lipinski definition) is 5. The van der Waals surface area contributed by atoms with Crippen molar-refractivity contribution in [3.63, 3.8) is 0 Å². The second-order valence-corrected chi connectivity index (χ2v) is 9.52. The summed E-state index contributed by atoms with van der Waals surface area (Å²) >= 11 is 0. The summed E-state index contributed by atoms with van der Waals surface area (Å²) in [6.07, 6.45) is 6.83. The maximum absolute atomic E-state index is 12.5. The standard InChI is InChI=1S/C23H25N3O4S/c1-16-7-13-20(14-8-16)31(28,29)26-19-11-9-17(10-12-19)23-25-21(15-30-23)22(27)24-18-5-3-2-4-6-18/h7-15,18,26H,2-6H2,1H3,(H,24,27). The number of amides is 1. The average molecular weight is 440 g/mol. The maximum Gasteiger partial charge on any atom is 0.273 e. The van der Waals surface area contributed by atoms with Gasteiger partial charge in [-0.1, -0.05) is 37.0 Å². The van der Waals surface area contributed by atoms with E-state index in [2.05, 4.69) is 15.0 Å². The van der Waals surface area contributed by atoms with Crippen LogP contribution in [0.25, 0.3) is 11.5 Å². The lowest BCUT2D eigenvalue weighted by Crippen LogP contribution is -2.36. The molecule has 31 heavy (non-hydrogen) atoms. The first kappa shape index (κ1) is 21.1. The molecule has 0 radical (unpaired) electrons. The summed E-state index contributed by atoms with van der Waals surface area (Å²) in [6.45, 7) is 1.90. The van der Waals surface area contributed by atoms with Crippen LogP contribution in [0.3, 0.4) is 0 Å². The molecule has 2 N–H and O–H groups in total. The number of sulfonamides is 1. The van der Waals surface area contributed by atoms with Gasteiger partial charge in [0.2, 0.25) is 5.89 Å². The third kappa shape index (κ3) is 5.14. The summed E-state index contributed by atoms with van der Waals surface area (Å²) in [5, 5.41) is 3.02. The van der Waals surface area contributed by atoms with E-state index in [1.165, 1.54) is 12.7 Å². The van der Waals surface area contributed by atoms with Gasteiger partial charge in [-0.3, -0.25) is 9.52 Å². The number of oxazole rings is 1. The molecule has 1 amide bonds. The maximum atomic E-state index is 12.5. The number of hydrogen-bond donors (Lipinski definition) is 2. The normalized spacial score (nSPS) is 14.9. The molecule has 8 heteroatoms. The van der Waals surface area contributed by atoms with E-state index in [4.69, 9.17) is 4.42 Å². The van der Waals surface area contributed by atoms with Gasteiger partial charge in [-0.25, -0.2) is 13.4 Å². The number of rotatable bonds is 6. The number of carbonyl (C=O) groups is 1. The Balaban J connectivity index is 1.42. The molecule has 2 aromatic carbocycles. The van der Waals surface area contributed by atoms with Gasteiger partial charge >= 0.3 is 0 Å². The Hall–Kier alpha value is -3.13. The Bertz CT molecular complexity index is 1150. The molecular formula is C23H25N3O4S. The van der Waals surface area contributed by atoms with Gasteiger partial charge in [0, 0.05) is 17.3 Å². The van der Waals surface area contributed by atoms with E-state index in [0.29, 0.717) is 17.1 Å². The highest BCUT2D eigenvalue weighted by Gasteiger charge is 2.20. The van der Waals surface area contributed by atoms with E-state index < -0.39 is 10.0 Å². The van der Waals surface area contributed by atoms with Crippen molar-refractivity contribution < 1.29 is 17.6 Å². The van der Waals surface area contributed by atoms with E-state index in [1.807, 2.05) is 6.92 Å². The molecular weight excluding hydrogens is 414 g/mol. The van der Waals surface area contributed by atoms with Crippen LogP contribution in [0.4, 0.5) is 5.69 Å². The molecule has 3 aromatic rings. The fraction of sp³-hybridized carbons (Fsp3) is 0.304. The zero-order chi connectivity index (χ0) is 21.8. The molecule has 1 saturated carbocycles. The molecule has 1 heterocycles. The minimum atomic E-state index is -3.67. The van der Waals surface area contributed by atoms with Crippen LogP contribution in [0.15, 0.2) is 64.1 Å². The molecule has 1 fully saturated rings. The zero-order valence-corrected chi connectivity index (χ0v) is 18.1. The Morgan fingerprint density at radius 2 is 1.68 bits per heavy atom. The van der Waals surface area contributed by atoms with Crippen molar-refractivity contribution in [3.05, 3.63) is 66.1 Å². The number of aryl methyl sites for hydroxylation is 1. The summed E-state index contributed by atoms with van der Waals surface area (Å²) in [7, 11) is -3.67. The molecule has 0 aliphatic heterocycles. The van der Waals surface area contributed by atoms with Gasteiger partial charge in [0.15, 0.2) is 5.69 Å². The van der Waals surface area contributed by atoms with Gasteiger partial charge in [-0.2, -0.15) is 0 Å². The quantitative estimate of drug-likeness (QED) is 0.588. The number of carbonyl (C=O) groups excluding carboxylic acids is 1. The molecule has 1 aromatic heterocycles. The van der Waals surface area contributed by atoms with E-state index >= 15 is 0 Å². The van der Waals surface area contributed by atoms with Crippen molar-refractivity contribution in [1.82, 2.24) is 10.3 Å². The molecule has 4 rings (SSSR count). The predicted octanol–water partition coefficient (Wildman–Crippen LogP) is 4.51. The third-order valence-corrected chi connectivity index (χ3v) is 6.79. The molecule has 0 atom stereocenters. The molecule has 1 aliphatic rings. The van der Waals surface area contributed by atoms with Crippen molar-refractivity contribution >= 4 is 21.6 Å². The van der Waals surface area contributed by atoms with Crippen molar-refractivity contribution in [2.45, 2.75) is 50.0 Å². The van der Waals surface area contributed by atoms with Crippen LogP contribution in [-0.4, -0.2) is 25.4 Å². The molecule has 7 nitrogen and oxygen atoms in total. The van der Waals surface area contributed by atoms with Crippen molar-refractivity contribution in [2.24, 2.45) is 0 Å². The molecule has 0 saturated heterocycles. The number of benzene rings is 2. The summed E-state index contributed by atoms with van der Waals surface area (Å²) in [6, 6.07) is 13.5. The van der Waals surface area contributed by atoms with Gasteiger partial charge in [0.1, 0.15) is 6.26 Å². The zero-order valence-electron chi connectivity index (χ0n) is 17.3. The van der Waals surface area contributed by atoms with Gasteiger partial charge in [-0.15, -0.1) is 0 Å². The highest BCUT2D eigenvalue weighted by molar-refractivity contribution is 7.92. The first-order valence-corrected chi connectivity index (χ1v) is 11.9. The number of anilines is 1. The van der Waals surface area contributed by atoms with Gasteiger partial charge < -0.3 is 9.73 Å². The fourth-order valence-electron chi connectivity index (χ4n) is 3.63. The van der Waals surface area contributed by atoms with Crippen LogP contribution in [-0.2, 0) is 10.0 Å². The first-order chi connectivity index (χ1) is 14.9. The van der Waals surface area contributed by atoms with Crippen molar-refractivity contribution in [1.29, 1.82) is 0 Å². The molecule has 1 aliphatic carbocycles. The molecule has 162 valence electrons. The SMILES string of the molecule is Cc1ccc(S(=O)(=O)Nc2ccc(-c3nc(C(=O)NC4CCCCC4)co3)cc2)cc1. The molecule has 0 spiro atoms. The first-order valence-electron chi connectivity index (χ1n) is 10.4. The average Bonchev–Trinajstić information content (AvgIpc) is 3.25. The van der Waals surface area contributed by atoms with Crippen LogP contribution in [0.5, 0.6) is 0 Å². The highest BCUT2D eigenvalue weighted by atomic mass is 32.2. The Morgan fingerprint density at radius 1 is 1.00 bits per heavy atom. The Kier molecular flexibility index (Phi) is 6.08. The number of nitrogens with one attached hydrogen (secondary N) is 2.